The molecule has 2 unspecified atom stereocenters. The van der Waals surface area contributed by atoms with Crippen molar-refractivity contribution >= 4 is 15.9 Å². The average Bonchev–Trinajstić information content (AvgIpc) is 2.44. The second kappa shape index (κ2) is 6.64. The predicted molar refractivity (Wildman–Crippen MR) is 82.0 cm³/mol. The van der Waals surface area contributed by atoms with Gasteiger partial charge in [-0.3, -0.25) is 0 Å². The fourth-order valence-electron chi connectivity index (χ4n) is 2.33. The van der Waals surface area contributed by atoms with Gasteiger partial charge in [0.1, 0.15) is 11.6 Å². The molecule has 0 spiro atoms. The van der Waals surface area contributed by atoms with E-state index in [1.54, 1.807) is 0 Å². The minimum absolute atomic E-state index is 0.0457. The lowest BCUT2D eigenvalue weighted by molar-refractivity contribution is 0.145. The van der Waals surface area contributed by atoms with Crippen molar-refractivity contribution < 1.29 is 13.9 Å². The lowest BCUT2D eigenvalue weighted by atomic mass is 9.88. The molecule has 2 atom stereocenters. The molecule has 0 aromatic heterocycles. The summed E-state index contributed by atoms with van der Waals surface area (Å²) < 4.78 is 27.7. The van der Waals surface area contributed by atoms with Crippen LogP contribution in [0.4, 0.5) is 8.78 Å². The summed E-state index contributed by atoms with van der Waals surface area (Å²) in [5.74, 6) is -2.00. The van der Waals surface area contributed by atoms with Gasteiger partial charge in [-0.05, 0) is 30.2 Å². The normalized spacial score (nSPS) is 14.0. The highest BCUT2D eigenvalue weighted by Gasteiger charge is 2.26. The van der Waals surface area contributed by atoms with Crippen molar-refractivity contribution in [1.29, 1.82) is 0 Å². The van der Waals surface area contributed by atoms with E-state index in [1.165, 1.54) is 12.1 Å². The van der Waals surface area contributed by atoms with E-state index < -0.39 is 23.7 Å². The van der Waals surface area contributed by atoms with Crippen LogP contribution in [0.1, 0.15) is 28.7 Å². The minimum atomic E-state index is -0.982. The van der Waals surface area contributed by atoms with Gasteiger partial charge in [0.15, 0.2) is 0 Å². The molecule has 21 heavy (non-hydrogen) atoms. The highest BCUT2D eigenvalue weighted by molar-refractivity contribution is 9.10. The van der Waals surface area contributed by atoms with Gasteiger partial charge in [-0.25, -0.2) is 8.78 Å². The Morgan fingerprint density at radius 3 is 2.48 bits per heavy atom. The van der Waals surface area contributed by atoms with Crippen LogP contribution in [-0.4, -0.2) is 11.7 Å². The molecule has 0 amide bonds. The van der Waals surface area contributed by atoms with Crippen molar-refractivity contribution in [3.05, 3.63) is 69.2 Å². The van der Waals surface area contributed by atoms with Crippen LogP contribution in [0.2, 0.25) is 0 Å². The van der Waals surface area contributed by atoms with Gasteiger partial charge < -0.3 is 10.8 Å². The topological polar surface area (TPSA) is 46.2 Å². The molecule has 2 rings (SSSR count). The van der Waals surface area contributed by atoms with Gasteiger partial charge in [-0.2, -0.15) is 0 Å². The number of aryl methyl sites for hydroxylation is 1. The SMILES string of the molecule is Cc1ccc(Br)c(C(O)C(CN)c2ccc(F)cc2F)c1. The number of aliphatic hydroxyl groups is 1. The first-order valence-electron chi connectivity index (χ1n) is 6.53. The minimum Gasteiger partial charge on any atom is -0.388 e. The Balaban J connectivity index is 2.43. The number of rotatable bonds is 4. The van der Waals surface area contributed by atoms with E-state index in [4.69, 9.17) is 5.73 Å². The van der Waals surface area contributed by atoms with Crippen molar-refractivity contribution in [3.8, 4) is 0 Å². The van der Waals surface area contributed by atoms with Gasteiger partial charge >= 0.3 is 0 Å². The summed E-state index contributed by atoms with van der Waals surface area (Å²) in [5.41, 5.74) is 7.52. The lowest BCUT2D eigenvalue weighted by Gasteiger charge is -2.24. The first kappa shape index (κ1) is 16.1. The van der Waals surface area contributed by atoms with Crippen LogP contribution < -0.4 is 5.73 Å². The Kier molecular flexibility index (Phi) is 5.08. The van der Waals surface area contributed by atoms with E-state index in [9.17, 15) is 13.9 Å². The third kappa shape index (κ3) is 3.48. The molecular weight excluding hydrogens is 340 g/mol. The second-order valence-electron chi connectivity index (χ2n) is 4.98. The maximum atomic E-state index is 13.9. The smallest absolute Gasteiger partial charge is 0.129 e. The van der Waals surface area contributed by atoms with Crippen LogP contribution >= 0.6 is 15.9 Å². The van der Waals surface area contributed by atoms with Crippen LogP contribution in [0.5, 0.6) is 0 Å². The molecule has 0 saturated carbocycles. The zero-order valence-electron chi connectivity index (χ0n) is 11.5. The van der Waals surface area contributed by atoms with Crippen molar-refractivity contribution in [2.45, 2.75) is 18.9 Å². The van der Waals surface area contributed by atoms with Crippen LogP contribution in [0.25, 0.3) is 0 Å². The highest BCUT2D eigenvalue weighted by atomic mass is 79.9. The molecule has 5 heteroatoms. The van der Waals surface area contributed by atoms with E-state index >= 15 is 0 Å². The predicted octanol–water partition coefficient (Wildman–Crippen LogP) is 3.81. The van der Waals surface area contributed by atoms with E-state index in [1.807, 2.05) is 25.1 Å². The standard InChI is InChI=1S/C16H16BrF2NO/c1-9-2-5-14(17)12(6-9)16(21)13(8-20)11-4-3-10(18)7-15(11)19/h2-7,13,16,21H,8,20H2,1H3. The molecule has 0 saturated heterocycles. The largest absolute Gasteiger partial charge is 0.388 e. The van der Waals surface area contributed by atoms with Crippen molar-refractivity contribution in [2.75, 3.05) is 6.54 Å². The van der Waals surface area contributed by atoms with E-state index in [-0.39, 0.29) is 12.1 Å². The zero-order valence-corrected chi connectivity index (χ0v) is 13.1. The summed E-state index contributed by atoms with van der Waals surface area (Å²) >= 11 is 3.38. The van der Waals surface area contributed by atoms with Crippen molar-refractivity contribution in [1.82, 2.24) is 0 Å². The summed E-state index contributed by atoms with van der Waals surface area (Å²) in [6.07, 6.45) is -0.982. The molecule has 2 aromatic carbocycles. The molecular formula is C16H16BrF2NO. The number of hydrogen-bond acceptors (Lipinski definition) is 2. The van der Waals surface area contributed by atoms with Gasteiger partial charge in [-0.1, -0.05) is 39.7 Å². The molecule has 0 radical (unpaired) electrons. The maximum absolute atomic E-state index is 13.9. The van der Waals surface area contributed by atoms with Gasteiger partial charge in [0.25, 0.3) is 0 Å². The van der Waals surface area contributed by atoms with Gasteiger partial charge in [0.05, 0.1) is 6.10 Å². The van der Waals surface area contributed by atoms with E-state index in [0.717, 1.165) is 16.1 Å². The molecule has 2 nitrogen and oxygen atoms in total. The average molecular weight is 356 g/mol. The van der Waals surface area contributed by atoms with Gasteiger partial charge in [0, 0.05) is 23.0 Å². The number of nitrogens with two attached hydrogens (primary N) is 1. The van der Waals surface area contributed by atoms with E-state index in [0.29, 0.717) is 5.56 Å². The van der Waals surface area contributed by atoms with Crippen LogP contribution in [0.3, 0.4) is 0 Å². The Morgan fingerprint density at radius 1 is 1.14 bits per heavy atom. The molecule has 2 aromatic rings. The monoisotopic (exact) mass is 355 g/mol. The van der Waals surface area contributed by atoms with Crippen molar-refractivity contribution in [2.24, 2.45) is 5.73 Å². The quantitative estimate of drug-likeness (QED) is 0.875. The summed E-state index contributed by atoms with van der Waals surface area (Å²) in [4.78, 5) is 0. The summed E-state index contributed by atoms with van der Waals surface area (Å²) in [6.45, 7) is 1.95. The van der Waals surface area contributed by atoms with Crippen LogP contribution in [0, 0.1) is 18.6 Å². The van der Waals surface area contributed by atoms with Gasteiger partial charge in [0.2, 0.25) is 0 Å². The number of halogens is 3. The summed E-state index contributed by atoms with van der Waals surface area (Å²) in [5, 5.41) is 10.6. The lowest BCUT2D eigenvalue weighted by Crippen LogP contribution is -2.21. The molecule has 0 aliphatic rings. The summed E-state index contributed by atoms with van der Waals surface area (Å²) in [7, 11) is 0. The van der Waals surface area contributed by atoms with Crippen molar-refractivity contribution in [3.63, 3.8) is 0 Å². The third-order valence-electron chi connectivity index (χ3n) is 3.47. The number of hydrogen-bond donors (Lipinski definition) is 2. The zero-order chi connectivity index (χ0) is 15.6. The Labute approximate surface area is 130 Å². The first-order valence-corrected chi connectivity index (χ1v) is 7.32. The van der Waals surface area contributed by atoms with Crippen LogP contribution in [-0.2, 0) is 0 Å². The number of benzene rings is 2. The Morgan fingerprint density at radius 2 is 1.86 bits per heavy atom. The fraction of sp³-hybridized carbons (Fsp3) is 0.250. The molecule has 0 aliphatic heterocycles. The molecule has 112 valence electrons. The second-order valence-corrected chi connectivity index (χ2v) is 5.83. The molecule has 0 heterocycles. The fourth-order valence-corrected chi connectivity index (χ4v) is 2.82. The van der Waals surface area contributed by atoms with Crippen LogP contribution in [0.15, 0.2) is 40.9 Å². The molecule has 3 N–H and O–H groups in total. The summed E-state index contributed by atoms with van der Waals surface area (Å²) in [6, 6.07) is 8.84. The Hall–Kier alpha value is -1.30. The van der Waals surface area contributed by atoms with E-state index in [2.05, 4.69) is 15.9 Å². The maximum Gasteiger partial charge on any atom is 0.129 e. The number of aliphatic hydroxyl groups excluding tert-OH is 1. The first-order chi connectivity index (χ1) is 9.93. The Bertz CT molecular complexity index is 648. The molecule has 0 bridgehead atoms. The van der Waals surface area contributed by atoms with Gasteiger partial charge in [-0.15, -0.1) is 0 Å². The molecule has 0 aliphatic carbocycles. The highest BCUT2D eigenvalue weighted by Crippen LogP contribution is 2.35. The molecule has 0 fully saturated rings. The third-order valence-corrected chi connectivity index (χ3v) is 4.19.